The zero-order valence-electron chi connectivity index (χ0n) is 14.2. The first kappa shape index (κ1) is 20.4. The zero-order valence-corrected chi connectivity index (χ0v) is 16.4. The second-order valence-electron chi connectivity index (χ2n) is 5.54. The van der Waals surface area contributed by atoms with E-state index >= 15 is 0 Å². The van der Waals surface area contributed by atoms with Crippen LogP contribution in [0.25, 0.3) is 6.08 Å². The number of unbranched alkanes of at least 4 members (excludes halogenated alkanes) is 3. The third-order valence-corrected chi connectivity index (χ3v) is 4.12. The van der Waals surface area contributed by atoms with Crippen LogP contribution in [0.3, 0.4) is 0 Å². The molecule has 0 aliphatic heterocycles. The highest BCUT2D eigenvalue weighted by atomic mass is 127. The molecule has 0 spiro atoms. The number of nitro groups is 1. The first-order chi connectivity index (χ1) is 11.5. The average Bonchev–Trinajstić information content (AvgIpc) is 2.58. The van der Waals surface area contributed by atoms with Gasteiger partial charge in [-0.1, -0.05) is 49.6 Å². The Morgan fingerprint density at radius 2 is 1.67 bits per heavy atom. The van der Waals surface area contributed by atoms with E-state index in [9.17, 15) is 10.1 Å². The van der Waals surface area contributed by atoms with Crippen LogP contribution in [0.4, 0.5) is 5.69 Å². The van der Waals surface area contributed by atoms with Crippen molar-refractivity contribution in [1.82, 2.24) is 0 Å². The SMILES string of the molecule is CCCCC/C=C\c1ccc([N+](=O)[O-])cc1.Cc1ccc(I)cc1. The minimum Gasteiger partial charge on any atom is -0.258 e. The van der Waals surface area contributed by atoms with Gasteiger partial charge in [-0.15, -0.1) is 0 Å². The van der Waals surface area contributed by atoms with Crippen molar-refractivity contribution in [3.8, 4) is 0 Å². The third-order valence-electron chi connectivity index (χ3n) is 3.40. The minimum atomic E-state index is -0.380. The smallest absolute Gasteiger partial charge is 0.258 e. The third kappa shape index (κ3) is 8.82. The van der Waals surface area contributed by atoms with Gasteiger partial charge in [-0.25, -0.2) is 0 Å². The van der Waals surface area contributed by atoms with Crippen molar-refractivity contribution in [2.45, 2.75) is 39.5 Å². The summed E-state index contributed by atoms with van der Waals surface area (Å²) in [7, 11) is 0. The lowest BCUT2D eigenvalue weighted by molar-refractivity contribution is -0.384. The van der Waals surface area contributed by atoms with Crippen molar-refractivity contribution in [2.24, 2.45) is 0 Å². The molecule has 0 saturated heterocycles. The van der Waals surface area contributed by atoms with Crippen molar-refractivity contribution in [3.05, 3.63) is 79.4 Å². The van der Waals surface area contributed by atoms with E-state index in [2.05, 4.69) is 66.8 Å². The molecule has 4 heteroatoms. The van der Waals surface area contributed by atoms with Gasteiger partial charge in [0.25, 0.3) is 5.69 Å². The Balaban J connectivity index is 0.000000300. The van der Waals surface area contributed by atoms with E-state index in [4.69, 9.17) is 0 Å². The predicted molar refractivity (Wildman–Crippen MR) is 110 cm³/mol. The fraction of sp³-hybridized carbons (Fsp3) is 0.300. The molecule has 3 nitrogen and oxygen atoms in total. The molecule has 0 aromatic heterocycles. The van der Waals surface area contributed by atoms with Gasteiger partial charge in [0.2, 0.25) is 0 Å². The van der Waals surface area contributed by atoms with Crippen molar-refractivity contribution >= 4 is 34.4 Å². The molecule has 128 valence electrons. The molecule has 0 atom stereocenters. The van der Waals surface area contributed by atoms with E-state index in [0.29, 0.717) is 0 Å². The summed E-state index contributed by atoms with van der Waals surface area (Å²) >= 11 is 2.30. The molecule has 0 heterocycles. The molecule has 2 aromatic carbocycles. The van der Waals surface area contributed by atoms with Crippen LogP contribution in [0.2, 0.25) is 0 Å². The number of hydrogen-bond donors (Lipinski definition) is 0. The van der Waals surface area contributed by atoms with E-state index < -0.39 is 0 Å². The van der Waals surface area contributed by atoms with Crippen LogP contribution in [-0.4, -0.2) is 4.92 Å². The molecule has 0 unspecified atom stereocenters. The lowest BCUT2D eigenvalue weighted by atomic mass is 10.1. The van der Waals surface area contributed by atoms with Gasteiger partial charge in [0.05, 0.1) is 4.92 Å². The fourth-order valence-corrected chi connectivity index (χ4v) is 2.33. The van der Waals surface area contributed by atoms with Gasteiger partial charge in [0.15, 0.2) is 0 Å². The van der Waals surface area contributed by atoms with Crippen LogP contribution < -0.4 is 0 Å². The minimum absolute atomic E-state index is 0.142. The molecule has 0 aliphatic rings. The summed E-state index contributed by atoms with van der Waals surface area (Å²) in [5.74, 6) is 0. The predicted octanol–water partition coefficient (Wildman–Crippen LogP) is 6.79. The highest BCUT2D eigenvalue weighted by molar-refractivity contribution is 14.1. The molecule has 0 fully saturated rings. The Morgan fingerprint density at radius 1 is 1.04 bits per heavy atom. The maximum Gasteiger partial charge on any atom is 0.269 e. The van der Waals surface area contributed by atoms with Gasteiger partial charge in [-0.3, -0.25) is 10.1 Å². The first-order valence-electron chi connectivity index (χ1n) is 8.16. The molecule has 0 aliphatic carbocycles. The number of aryl methyl sites for hydroxylation is 1. The second kappa shape index (κ2) is 11.8. The van der Waals surface area contributed by atoms with Crippen LogP contribution >= 0.6 is 22.6 Å². The number of rotatable bonds is 6. The van der Waals surface area contributed by atoms with Crippen molar-refractivity contribution < 1.29 is 4.92 Å². The summed E-state index contributed by atoms with van der Waals surface area (Å²) < 4.78 is 1.30. The average molecular weight is 437 g/mol. The summed E-state index contributed by atoms with van der Waals surface area (Å²) in [6, 6.07) is 15.1. The van der Waals surface area contributed by atoms with Gasteiger partial charge in [-0.05, 0) is 72.2 Å². The molecule has 0 radical (unpaired) electrons. The molecule has 0 amide bonds. The van der Waals surface area contributed by atoms with E-state index in [1.807, 2.05) is 6.08 Å². The Kier molecular flexibility index (Phi) is 10.00. The number of allylic oxidation sites excluding steroid dienone is 1. The maximum absolute atomic E-state index is 10.4. The summed E-state index contributed by atoms with van der Waals surface area (Å²) in [4.78, 5) is 10.1. The second-order valence-corrected chi connectivity index (χ2v) is 6.79. The Labute approximate surface area is 158 Å². The topological polar surface area (TPSA) is 43.1 Å². The Hall–Kier alpha value is -1.69. The molecule has 24 heavy (non-hydrogen) atoms. The quantitative estimate of drug-likeness (QED) is 0.216. The number of halogens is 1. The van der Waals surface area contributed by atoms with Gasteiger partial charge in [-0.2, -0.15) is 0 Å². The van der Waals surface area contributed by atoms with Crippen LogP contribution in [0.15, 0.2) is 54.6 Å². The molecular weight excluding hydrogens is 413 g/mol. The monoisotopic (exact) mass is 437 g/mol. The molecular formula is C20H24INO2. The van der Waals surface area contributed by atoms with Crippen LogP contribution in [-0.2, 0) is 0 Å². The van der Waals surface area contributed by atoms with Gasteiger partial charge < -0.3 is 0 Å². The highest BCUT2D eigenvalue weighted by Crippen LogP contribution is 2.13. The van der Waals surface area contributed by atoms with E-state index in [-0.39, 0.29) is 10.6 Å². The lowest BCUT2D eigenvalue weighted by Crippen LogP contribution is -1.86. The van der Waals surface area contributed by atoms with E-state index in [1.165, 1.54) is 40.5 Å². The standard InChI is InChI=1S/C13H17NO2.C7H7I/c1-2-3-4-5-6-7-12-8-10-13(11-9-12)14(15)16;1-6-2-4-7(8)5-3-6/h6-11H,2-5H2,1H3;2-5H,1H3/b7-6-;. The Bertz CT molecular complexity index is 613. The van der Waals surface area contributed by atoms with E-state index in [0.717, 1.165) is 12.0 Å². The zero-order chi connectivity index (χ0) is 17.8. The van der Waals surface area contributed by atoms with Crippen LogP contribution in [0, 0.1) is 20.6 Å². The number of benzene rings is 2. The van der Waals surface area contributed by atoms with Gasteiger partial charge >= 0.3 is 0 Å². The number of hydrogen-bond acceptors (Lipinski definition) is 2. The summed E-state index contributed by atoms with van der Waals surface area (Å²) in [6.45, 7) is 4.27. The first-order valence-corrected chi connectivity index (χ1v) is 9.24. The molecule has 2 rings (SSSR count). The van der Waals surface area contributed by atoms with Gasteiger partial charge in [0.1, 0.15) is 0 Å². The van der Waals surface area contributed by atoms with Gasteiger partial charge in [0, 0.05) is 15.7 Å². The maximum atomic E-state index is 10.4. The number of nitrogens with zero attached hydrogens (tertiary/aromatic N) is 1. The molecule has 0 bridgehead atoms. The number of nitro benzene ring substituents is 1. The Morgan fingerprint density at radius 3 is 2.17 bits per heavy atom. The summed E-state index contributed by atoms with van der Waals surface area (Å²) in [5, 5.41) is 10.4. The molecule has 0 saturated carbocycles. The van der Waals surface area contributed by atoms with Crippen LogP contribution in [0.1, 0.15) is 43.7 Å². The van der Waals surface area contributed by atoms with Crippen LogP contribution in [0.5, 0.6) is 0 Å². The summed E-state index contributed by atoms with van der Waals surface area (Å²) in [6.07, 6.45) is 8.90. The summed E-state index contributed by atoms with van der Waals surface area (Å²) in [5.41, 5.74) is 2.48. The van der Waals surface area contributed by atoms with Crippen molar-refractivity contribution in [3.63, 3.8) is 0 Å². The fourth-order valence-electron chi connectivity index (χ4n) is 1.97. The van der Waals surface area contributed by atoms with Crippen molar-refractivity contribution in [2.75, 3.05) is 0 Å². The van der Waals surface area contributed by atoms with Crippen molar-refractivity contribution in [1.29, 1.82) is 0 Å². The molecule has 2 aromatic rings. The number of non-ortho nitro benzene ring substituents is 1. The van der Waals surface area contributed by atoms with E-state index in [1.54, 1.807) is 12.1 Å². The lowest BCUT2D eigenvalue weighted by Gasteiger charge is -1.94. The normalized spacial score (nSPS) is 10.3. The largest absolute Gasteiger partial charge is 0.269 e. The molecule has 0 N–H and O–H groups in total. The highest BCUT2D eigenvalue weighted by Gasteiger charge is 2.01.